The zero-order valence-corrected chi connectivity index (χ0v) is 25.9. The number of halogens is 1. The summed E-state index contributed by atoms with van der Waals surface area (Å²) in [5.41, 5.74) is 1.36. The molecule has 2 aliphatic heterocycles. The summed E-state index contributed by atoms with van der Waals surface area (Å²) >= 11 is 0. The van der Waals surface area contributed by atoms with Gasteiger partial charge in [-0.15, -0.1) is 0 Å². The number of benzene rings is 2. The molecule has 2 aromatic carbocycles. The van der Waals surface area contributed by atoms with Gasteiger partial charge < -0.3 is 23.8 Å². The topological polar surface area (TPSA) is 118 Å². The molecule has 43 heavy (non-hydrogen) atoms. The van der Waals surface area contributed by atoms with Gasteiger partial charge in [0, 0.05) is 24.1 Å². The number of esters is 1. The Hall–Kier alpha value is -4.15. The summed E-state index contributed by atoms with van der Waals surface area (Å²) in [6, 6.07) is 4.09. The van der Waals surface area contributed by atoms with Crippen LogP contribution >= 0.6 is 0 Å². The van der Waals surface area contributed by atoms with Crippen LogP contribution in [0.1, 0.15) is 81.4 Å². The van der Waals surface area contributed by atoms with Gasteiger partial charge in [-0.1, -0.05) is 20.8 Å². The van der Waals surface area contributed by atoms with Crippen molar-refractivity contribution in [2.75, 3.05) is 38.4 Å². The number of carbonyl (C=O) groups excluding carboxylic acids is 3. The first-order chi connectivity index (χ1) is 20.4. The van der Waals surface area contributed by atoms with E-state index < -0.39 is 23.2 Å². The van der Waals surface area contributed by atoms with Crippen molar-refractivity contribution in [1.29, 1.82) is 5.41 Å². The number of rotatable bonds is 11. The number of anilines is 1. The number of carbonyl (C=O) groups is 3. The van der Waals surface area contributed by atoms with Gasteiger partial charge in [0.15, 0.2) is 23.1 Å². The first kappa shape index (κ1) is 31.8. The Morgan fingerprint density at radius 2 is 1.74 bits per heavy atom. The van der Waals surface area contributed by atoms with Gasteiger partial charge in [-0.2, -0.15) is 0 Å². The van der Waals surface area contributed by atoms with Crippen molar-refractivity contribution in [2.24, 2.45) is 0 Å². The van der Waals surface area contributed by atoms with E-state index in [2.05, 4.69) is 0 Å². The number of nitrogens with zero attached hydrogens (tertiary/aromatic N) is 2. The summed E-state index contributed by atoms with van der Waals surface area (Å²) in [4.78, 5) is 42.6. The van der Waals surface area contributed by atoms with Gasteiger partial charge in [0.05, 0.1) is 44.7 Å². The lowest BCUT2D eigenvalue weighted by atomic mass is 9.84. The third-order valence-corrected chi connectivity index (χ3v) is 7.54. The van der Waals surface area contributed by atoms with E-state index in [4.69, 9.17) is 24.4 Å². The monoisotopic (exact) mass is 597 g/mol. The molecule has 2 heterocycles. The second-order valence-electron chi connectivity index (χ2n) is 11.4. The van der Waals surface area contributed by atoms with E-state index >= 15 is 4.39 Å². The molecule has 0 aromatic heterocycles. The molecule has 2 aromatic rings. The zero-order chi connectivity index (χ0) is 31.6. The Morgan fingerprint density at radius 3 is 2.35 bits per heavy atom. The molecule has 4 rings (SSSR count). The summed E-state index contributed by atoms with van der Waals surface area (Å²) in [5.74, 6) is -1.38. The second kappa shape index (κ2) is 12.6. The Labute approximate surface area is 251 Å². The molecule has 0 aliphatic carbocycles. The van der Waals surface area contributed by atoms with Crippen molar-refractivity contribution in [3.05, 3.63) is 46.3 Å². The summed E-state index contributed by atoms with van der Waals surface area (Å²) in [6.07, 6.45) is 0.434. The van der Waals surface area contributed by atoms with E-state index in [9.17, 15) is 14.4 Å². The van der Waals surface area contributed by atoms with Crippen LogP contribution in [-0.2, 0) is 26.3 Å². The first-order valence-corrected chi connectivity index (χ1v) is 14.6. The lowest BCUT2D eigenvalue weighted by Gasteiger charge is -2.30. The van der Waals surface area contributed by atoms with Crippen molar-refractivity contribution in [2.45, 2.75) is 72.4 Å². The number of Topliss-reactive ketones (excluding diaryl/α,β-unsaturated/α-hetero) is 1. The number of nitrogens with one attached hydrogen (secondary N) is 1. The largest absolute Gasteiger partial charge is 0.494 e. The van der Waals surface area contributed by atoms with Crippen molar-refractivity contribution >= 4 is 29.2 Å². The minimum Gasteiger partial charge on any atom is -0.494 e. The van der Waals surface area contributed by atoms with Crippen LogP contribution in [-0.4, -0.2) is 67.9 Å². The highest BCUT2D eigenvalue weighted by Crippen LogP contribution is 2.43. The summed E-state index contributed by atoms with van der Waals surface area (Å²) in [6.45, 7) is 11.7. The lowest BCUT2D eigenvalue weighted by molar-refractivity contribution is -0.144. The number of amides is 1. The van der Waals surface area contributed by atoms with Crippen LogP contribution in [0.5, 0.6) is 17.2 Å². The van der Waals surface area contributed by atoms with E-state index in [0.717, 1.165) is 0 Å². The number of hydrogen-bond donors (Lipinski definition) is 1. The highest BCUT2D eigenvalue weighted by Gasteiger charge is 2.41. The molecule has 11 heteroatoms. The zero-order valence-electron chi connectivity index (χ0n) is 25.9. The number of hydrogen-bond acceptors (Lipinski definition) is 8. The molecule has 1 unspecified atom stereocenters. The fourth-order valence-corrected chi connectivity index (χ4v) is 5.60. The fourth-order valence-electron chi connectivity index (χ4n) is 5.60. The number of amidine groups is 1. The van der Waals surface area contributed by atoms with Crippen LogP contribution in [0.15, 0.2) is 18.2 Å². The van der Waals surface area contributed by atoms with Gasteiger partial charge in [0.2, 0.25) is 5.91 Å². The maximum Gasteiger partial charge on any atom is 0.329 e. The quantitative estimate of drug-likeness (QED) is 0.284. The Bertz CT molecular complexity index is 1450. The maximum atomic E-state index is 15.6. The molecule has 0 radical (unpaired) electrons. The highest BCUT2D eigenvalue weighted by atomic mass is 19.1. The molecular weight excluding hydrogens is 557 g/mol. The SMILES string of the molecule is CCOC(=O)C1CCC(=O)N1c1cc(C(=O)CN2Cc3cc(OCC)c(OCC)c(F)c3C2=N)cc(C(C)(C)C)c1OC. The third-order valence-electron chi connectivity index (χ3n) is 7.54. The Kier molecular flexibility index (Phi) is 9.32. The normalized spacial score (nSPS) is 16.4. The second-order valence-corrected chi connectivity index (χ2v) is 11.4. The molecule has 232 valence electrons. The van der Waals surface area contributed by atoms with E-state index in [0.29, 0.717) is 29.2 Å². The molecule has 1 saturated heterocycles. The number of ketones is 1. The fraction of sp³-hybridized carbons (Fsp3) is 0.500. The Morgan fingerprint density at radius 1 is 1.05 bits per heavy atom. The van der Waals surface area contributed by atoms with Gasteiger partial charge in [-0.05, 0) is 56.4 Å². The van der Waals surface area contributed by atoms with Crippen molar-refractivity contribution in [3.63, 3.8) is 0 Å². The predicted octanol–water partition coefficient (Wildman–Crippen LogP) is 5.01. The summed E-state index contributed by atoms with van der Waals surface area (Å²) < 4.78 is 37.7. The average molecular weight is 598 g/mol. The molecule has 1 fully saturated rings. The average Bonchev–Trinajstić information content (AvgIpc) is 3.48. The van der Waals surface area contributed by atoms with Crippen LogP contribution in [0.4, 0.5) is 10.1 Å². The smallest absolute Gasteiger partial charge is 0.329 e. The van der Waals surface area contributed by atoms with Gasteiger partial charge in [0.25, 0.3) is 0 Å². The molecule has 1 atom stereocenters. The van der Waals surface area contributed by atoms with E-state index in [-0.39, 0.29) is 79.3 Å². The molecule has 2 aliphatic rings. The van der Waals surface area contributed by atoms with Gasteiger partial charge >= 0.3 is 5.97 Å². The number of methoxy groups -OCH3 is 1. The molecule has 10 nitrogen and oxygen atoms in total. The number of fused-ring (bicyclic) bond motifs is 1. The molecule has 0 bridgehead atoms. The summed E-state index contributed by atoms with van der Waals surface area (Å²) in [7, 11) is 1.49. The molecule has 0 saturated carbocycles. The van der Waals surface area contributed by atoms with Gasteiger partial charge in [-0.25, -0.2) is 9.18 Å². The molecular formula is C32H40FN3O7. The van der Waals surface area contributed by atoms with Crippen molar-refractivity contribution in [3.8, 4) is 17.2 Å². The lowest BCUT2D eigenvalue weighted by Crippen LogP contribution is -2.40. The van der Waals surface area contributed by atoms with Crippen LogP contribution in [0.25, 0.3) is 0 Å². The third kappa shape index (κ3) is 6.03. The van der Waals surface area contributed by atoms with Gasteiger partial charge in [0.1, 0.15) is 17.6 Å². The minimum absolute atomic E-state index is 0.0536. The van der Waals surface area contributed by atoms with Crippen LogP contribution < -0.4 is 19.1 Å². The van der Waals surface area contributed by atoms with Crippen LogP contribution in [0.3, 0.4) is 0 Å². The first-order valence-electron chi connectivity index (χ1n) is 14.6. The molecule has 0 spiro atoms. The maximum absolute atomic E-state index is 15.6. The van der Waals surface area contributed by atoms with Crippen molar-refractivity contribution < 1.29 is 37.7 Å². The van der Waals surface area contributed by atoms with Crippen LogP contribution in [0, 0.1) is 11.2 Å². The summed E-state index contributed by atoms with van der Waals surface area (Å²) in [5, 5.41) is 8.72. The predicted molar refractivity (Wildman–Crippen MR) is 159 cm³/mol. The minimum atomic E-state index is -0.845. The van der Waals surface area contributed by atoms with Gasteiger partial charge in [-0.3, -0.25) is 19.9 Å². The van der Waals surface area contributed by atoms with E-state index in [1.165, 1.54) is 16.9 Å². The van der Waals surface area contributed by atoms with Crippen LogP contribution in [0.2, 0.25) is 0 Å². The standard InChI is InChI=1S/C32H40FN3O7/c1-8-41-24-15-19-16-35(30(34)26(19)27(33)29(24)42-9-2)17-23(37)18-13-20(32(4,5)6)28(40-7)22(14-18)36-21(11-12-25(36)38)31(39)43-10-3/h13-15,21,34H,8-12,16-17H2,1-7H3. The van der Waals surface area contributed by atoms with Crippen molar-refractivity contribution in [1.82, 2.24) is 4.90 Å². The number of ether oxygens (including phenoxy) is 4. The molecule has 1 N–H and O–H groups in total. The van der Waals surface area contributed by atoms with E-state index in [1.54, 1.807) is 39.0 Å². The van der Waals surface area contributed by atoms with E-state index in [1.807, 2.05) is 20.8 Å². The highest BCUT2D eigenvalue weighted by molar-refractivity contribution is 6.08. The molecule has 1 amide bonds. The Balaban J connectivity index is 1.73.